The normalized spacial score (nSPS) is 14.8. The monoisotopic (exact) mass is 1900 g/mol. The predicted molar refractivity (Wildman–Crippen MR) is 596 cm³/mol. The highest BCUT2D eigenvalue weighted by molar-refractivity contribution is 7.26. The summed E-state index contributed by atoms with van der Waals surface area (Å²) in [7, 11) is 0. The summed E-state index contributed by atoms with van der Waals surface area (Å²) < 4.78 is 20.2. The second kappa shape index (κ2) is 32.8. The van der Waals surface area contributed by atoms with E-state index in [-0.39, 0.29) is 32.5 Å². The SMILES string of the molecule is CC1(C)c2ccccc2-c2cc3c(cc2C1(C)C)sc1ccc(-c2nc(-c4ccccc4)nc(-c4cccc5oc6ccccc6c45)n2)cc13.CC1(C)c2ccccc2-c2cc3c(cc2C1(C)C)sc1ccc(-c2nc(-c4ccccc4)nc(-c4ccccc4)n2)cc13.CC1(C)c2ccccc2-c2cc3sc4ccc(-c5nc(-c6ccccc6)nc(-c6cccc7oc8ccccc8c67)n5)cc4c3cc2C1(C)C. The van der Waals surface area contributed by atoms with Crippen molar-refractivity contribution in [3.63, 3.8) is 0 Å². The summed E-state index contributed by atoms with van der Waals surface area (Å²) in [6.07, 6.45) is 0. The van der Waals surface area contributed by atoms with Gasteiger partial charge in [0, 0.05) is 132 Å². The van der Waals surface area contributed by atoms with Crippen molar-refractivity contribution in [3.05, 3.63) is 403 Å². The van der Waals surface area contributed by atoms with Crippen molar-refractivity contribution in [3.8, 4) is 136 Å². The molecule has 17 aromatic carbocycles. The molecule has 688 valence electrons. The number of hydrogen-bond acceptors (Lipinski definition) is 14. The van der Waals surface area contributed by atoms with Gasteiger partial charge in [-0.15, -0.1) is 34.0 Å². The lowest BCUT2D eigenvalue weighted by atomic mass is 9.55. The van der Waals surface area contributed by atoms with Gasteiger partial charge in [-0.1, -0.05) is 338 Å². The molecule has 8 aromatic heterocycles. The number of rotatable bonds is 9. The summed E-state index contributed by atoms with van der Waals surface area (Å²) in [5.74, 6) is 5.85. The molecule has 0 atom stereocenters. The first-order chi connectivity index (χ1) is 69.4. The maximum atomic E-state index is 6.24. The molecule has 0 saturated heterocycles. The van der Waals surface area contributed by atoms with Crippen LogP contribution in [0.1, 0.15) is 116 Å². The lowest BCUT2D eigenvalue weighted by Gasteiger charge is -2.48. The Hall–Kier alpha value is -16.0. The fourth-order valence-electron chi connectivity index (χ4n) is 22.5. The number of thiophene rings is 3. The lowest BCUT2D eigenvalue weighted by Crippen LogP contribution is -2.43. The maximum Gasteiger partial charge on any atom is 0.164 e. The van der Waals surface area contributed by atoms with Gasteiger partial charge in [0.1, 0.15) is 22.3 Å². The average molecular weight is 1900 g/mol. The van der Waals surface area contributed by atoms with Gasteiger partial charge < -0.3 is 8.83 Å². The second-order valence-electron chi connectivity index (χ2n) is 41.4. The molecule has 0 bridgehead atoms. The molecule has 3 aliphatic carbocycles. The molecule has 0 N–H and O–H groups in total. The zero-order chi connectivity index (χ0) is 96.9. The Bertz CT molecular complexity index is 9490. The van der Waals surface area contributed by atoms with Crippen LogP contribution in [0.2, 0.25) is 0 Å². The van der Waals surface area contributed by atoms with E-state index in [1.165, 1.54) is 127 Å². The van der Waals surface area contributed by atoms with Crippen LogP contribution >= 0.6 is 34.0 Å². The summed E-state index contributed by atoms with van der Waals surface area (Å²) in [5, 5.41) is 11.6. The molecule has 3 aliphatic rings. The third-order valence-electron chi connectivity index (χ3n) is 32.3. The van der Waals surface area contributed by atoms with Crippen LogP contribution in [0, 0.1) is 0 Å². The van der Waals surface area contributed by atoms with E-state index in [4.69, 9.17) is 53.7 Å². The van der Waals surface area contributed by atoms with Crippen LogP contribution in [-0.4, -0.2) is 44.9 Å². The zero-order valence-corrected chi connectivity index (χ0v) is 83.7. The summed E-state index contributed by atoms with van der Waals surface area (Å²) in [6, 6.07) is 131. The molecule has 0 fully saturated rings. The molecule has 0 aliphatic heterocycles. The second-order valence-corrected chi connectivity index (χ2v) is 44.7. The van der Waals surface area contributed by atoms with Crippen molar-refractivity contribution < 1.29 is 8.83 Å². The lowest BCUT2D eigenvalue weighted by molar-refractivity contribution is 0.299. The Morgan fingerprint density at radius 2 is 0.406 bits per heavy atom. The molecule has 143 heavy (non-hydrogen) atoms. The summed E-state index contributed by atoms with van der Waals surface area (Å²) in [4.78, 5) is 45.5. The molecule has 14 heteroatoms. The van der Waals surface area contributed by atoms with Crippen molar-refractivity contribution in [2.75, 3.05) is 0 Å². The van der Waals surface area contributed by atoms with Crippen molar-refractivity contribution in [1.82, 2.24) is 44.9 Å². The Morgan fingerprint density at radius 1 is 0.161 bits per heavy atom. The Kier molecular flexibility index (Phi) is 20.0. The van der Waals surface area contributed by atoms with Crippen LogP contribution in [0.4, 0.5) is 0 Å². The van der Waals surface area contributed by atoms with Crippen molar-refractivity contribution in [2.24, 2.45) is 0 Å². The first kappa shape index (κ1) is 87.3. The molecule has 0 unspecified atom stereocenters. The third kappa shape index (κ3) is 13.9. The Balaban J connectivity index is 0.000000110. The van der Waals surface area contributed by atoms with E-state index in [1.54, 1.807) is 0 Å². The molecule has 0 radical (unpaired) electrons. The van der Waals surface area contributed by atoms with Gasteiger partial charge in [0.15, 0.2) is 52.4 Å². The van der Waals surface area contributed by atoms with E-state index in [0.717, 1.165) is 93.9 Å². The summed E-state index contributed by atoms with van der Waals surface area (Å²) in [6.45, 7) is 28.7. The smallest absolute Gasteiger partial charge is 0.164 e. The molecule has 8 heterocycles. The van der Waals surface area contributed by atoms with E-state index >= 15 is 0 Å². The van der Waals surface area contributed by atoms with E-state index in [1.807, 2.05) is 192 Å². The first-order valence-corrected chi connectivity index (χ1v) is 51.5. The van der Waals surface area contributed by atoms with Gasteiger partial charge in [0.05, 0.1) is 0 Å². The van der Waals surface area contributed by atoms with Gasteiger partial charge in [-0.05, 0) is 215 Å². The van der Waals surface area contributed by atoms with Crippen LogP contribution in [0.3, 0.4) is 0 Å². The topological polar surface area (TPSA) is 142 Å². The summed E-state index contributed by atoms with van der Waals surface area (Å²) in [5.41, 5.74) is 28.3. The summed E-state index contributed by atoms with van der Waals surface area (Å²) >= 11 is 5.58. The number of para-hydroxylation sites is 2. The number of aromatic nitrogens is 9. The largest absolute Gasteiger partial charge is 0.456 e. The maximum absolute atomic E-state index is 6.24. The Morgan fingerprint density at radius 3 is 0.748 bits per heavy atom. The fourth-order valence-corrected chi connectivity index (χ4v) is 25.8. The number of hydrogen-bond donors (Lipinski definition) is 0. The van der Waals surface area contributed by atoms with Gasteiger partial charge in [-0.2, -0.15) is 0 Å². The van der Waals surface area contributed by atoms with Gasteiger partial charge in [0.25, 0.3) is 0 Å². The molecule has 0 saturated carbocycles. The molecular weight excluding hydrogens is 1800 g/mol. The molecule has 28 rings (SSSR count). The van der Waals surface area contributed by atoms with Crippen LogP contribution in [0.25, 0.3) is 240 Å². The molecule has 25 aromatic rings. The van der Waals surface area contributed by atoms with Crippen molar-refractivity contribution >= 4 is 138 Å². The standard InChI is InChI=1S/2C45H33N3OS.C39H31N3S/c1-44(2)34-18-10-8-15-28(34)31-25-39-33(24-35(31)45(44,3)4)32-23-27(21-22-38(32)50-39)42-46-41(26-13-6-5-7-14-26)47-43(48-42)30-17-12-20-37-40(30)29-16-9-11-19-36(29)49-37;1-44(2)34-18-10-8-15-28(34)31-24-33-32-23-27(21-22-38(32)50-39(33)25-35(31)45(44,3)4)42-46-41(26-13-6-5-7-14-26)47-43(48-42)30-17-12-20-37-40(30)29-16-9-11-19-36(29)49-37;1-38(2)31-18-12-11-17-27(31)28-22-30-29-21-26(19-20-33(29)43-34(30)23-32(28)39(38,3)4)37-41-35(24-13-7-5-8-14-24)40-36(42-37)25-15-9-6-10-16-25/h2*5-25H,1-4H3;5-23H,1-4H3. The van der Waals surface area contributed by atoms with E-state index in [9.17, 15) is 0 Å². The van der Waals surface area contributed by atoms with Crippen molar-refractivity contribution in [2.45, 2.75) is 116 Å². The average Bonchev–Trinajstić information content (AvgIpc) is 1.68. The predicted octanol–water partition coefficient (Wildman–Crippen LogP) is 35.2. The minimum atomic E-state index is -0.0667. The molecular formula is C129H97N9O2S3. The molecule has 0 spiro atoms. The van der Waals surface area contributed by atoms with Gasteiger partial charge in [-0.3, -0.25) is 0 Å². The highest BCUT2D eigenvalue weighted by Gasteiger charge is 2.49. The minimum Gasteiger partial charge on any atom is -0.456 e. The molecule has 11 nitrogen and oxygen atoms in total. The van der Waals surface area contributed by atoms with Gasteiger partial charge in [0.2, 0.25) is 0 Å². The highest BCUT2D eigenvalue weighted by atomic mass is 32.1. The third-order valence-corrected chi connectivity index (χ3v) is 35.7. The van der Waals surface area contributed by atoms with Crippen molar-refractivity contribution in [1.29, 1.82) is 0 Å². The minimum absolute atomic E-state index is 0.00590. The van der Waals surface area contributed by atoms with E-state index in [2.05, 4.69) is 295 Å². The Labute approximate surface area is 840 Å². The quantitative estimate of drug-likeness (QED) is 0.136. The first-order valence-electron chi connectivity index (χ1n) is 49.0. The number of benzene rings is 17. The highest BCUT2D eigenvalue weighted by Crippen LogP contribution is 2.60. The van der Waals surface area contributed by atoms with Crippen LogP contribution in [-0.2, 0) is 32.5 Å². The van der Waals surface area contributed by atoms with E-state index < -0.39 is 0 Å². The fraction of sp³-hybridized carbons (Fsp3) is 0.140. The van der Waals surface area contributed by atoms with Crippen LogP contribution < -0.4 is 0 Å². The number of fused-ring (bicyclic) bond motifs is 24. The number of furan rings is 2. The van der Waals surface area contributed by atoms with Crippen LogP contribution in [0.15, 0.2) is 379 Å². The number of nitrogens with zero attached hydrogens (tertiary/aromatic N) is 9. The van der Waals surface area contributed by atoms with Crippen LogP contribution in [0.5, 0.6) is 0 Å². The van der Waals surface area contributed by atoms with Gasteiger partial charge in [-0.25, -0.2) is 44.9 Å². The zero-order valence-electron chi connectivity index (χ0n) is 81.3. The molecule has 0 amide bonds. The van der Waals surface area contributed by atoms with Gasteiger partial charge >= 0.3 is 0 Å². The van der Waals surface area contributed by atoms with E-state index in [0.29, 0.717) is 52.4 Å².